The normalized spacial score (nSPS) is 22.4. The van der Waals surface area contributed by atoms with Crippen molar-refractivity contribution in [2.75, 3.05) is 14.1 Å². The summed E-state index contributed by atoms with van der Waals surface area (Å²) in [6, 6.07) is 8.36. The molecule has 18 heavy (non-hydrogen) atoms. The molecule has 1 aromatic rings. The highest BCUT2D eigenvalue weighted by Crippen LogP contribution is 2.51. The fraction of sp³-hybridized carbons (Fsp3) is 0.533. The summed E-state index contributed by atoms with van der Waals surface area (Å²) in [6.07, 6.45) is 4.05. The minimum absolute atomic E-state index is 0.118. The van der Waals surface area contributed by atoms with Crippen molar-refractivity contribution in [1.82, 2.24) is 4.90 Å². The van der Waals surface area contributed by atoms with Crippen molar-refractivity contribution in [3.8, 4) is 0 Å². The van der Waals surface area contributed by atoms with Gasteiger partial charge >= 0.3 is 0 Å². The molecule has 0 heterocycles. The second-order valence-corrected chi connectivity index (χ2v) is 6.02. The number of hydrogen-bond acceptors (Lipinski definition) is 2. The maximum Gasteiger partial charge on any atom is 0.232 e. The third-order valence-electron chi connectivity index (χ3n) is 4.34. The lowest BCUT2D eigenvalue weighted by atomic mass is 9.91. The molecule has 0 bridgehead atoms. The van der Waals surface area contributed by atoms with E-state index < -0.39 is 0 Å². The van der Waals surface area contributed by atoms with Crippen LogP contribution in [0, 0.1) is 0 Å². The Kier molecular flexibility index (Phi) is 2.33. The zero-order valence-electron chi connectivity index (χ0n) is 11.1. The van der Waals surface area contributed by atoms with E-state index in [0.717, 1.165) is 31.2 Å². The van der Waals surface area contributed by atoms with Gasteiger partial charge in [-0.15, -0.1) is 0 Å². The van der Waals surface area contributed by atoms with Gasteiger partial charge in [0.05, 0.1) is 5.41 Å². The van der Waals surface area contributed by atoms with Crippen molar-refractivity contribution in [2.45, 2.75) is 36.6 Å². The summed E-state index contributed by atoms with van der Waals surface area (Å²) in [5.74, 6) is 0.224. The van der Waals surface area contributed by atoms with E-state index in [9.17, 15) is 4.79 Å². The lowest BCUT2D eigenvalue weighted by Gasteiger charge is -2.21. The number of amides is 1. The Balaban J connectivity index is 1.95. The summed E-state index contributed by atoms with van der Waals surface area (Å²) >= 11 is 0. The minimum atomic E-state index is -0.259. The van der Waals surface area contributed by atoms with Crippen LogP contribution in [0.5, 0.6) is 0 Å². The zero-order chi connectivity index (χ0) is 13.0. The molecule has 3 rings (SSSR count). The fourth-order valence-electron chi connectivity index (χ4n) is 2.73. The van der Waals surface area contributed by atoms with Crippen LogP contribution in [-0.4, -0.2) is 24.9 Å². The molecule has 0 unspecified atom stereocenters. The average Bonchev–Trinajstić information content (AvgIpc) is 3.24. The quantitative estimate of drug-likeness (QED) is 0.880. The van der Waals surface area contributed by atoms with E-state index in [0.29, 0.717) is 0 Å². The molecule has 1 aromatic carbocycles. The molecular formula is C15H20N2O. The smallest absolute Gasteiger partial charge is 0.232 e. The zero-order valence-corrected chi connectivity index (χ0v) is 11.1. The van der Waals surface area contributed by atoms with Gasteiger partial charge in [0.15, 0.2) is 0 Å². The summed E-state index contributed by atoms with van der Waals surface area (Å²) in [5, 5.41) is 0. The molecule has 3 heteroatoms. The third kappa shape index (κ3) is 1.65. The molecule has 0 aliphatic heterocycles. The fourth-order valence-corrected chi connectivity index (χ4v) is 2.73. The van der Waals surface area contributed by atoms with Crippen LogP contribution in [0.2, 0.25) is 0 Å². The molecule has 2 fully saturated rings. The van der Waals surface area contributed by atoms with Crippen molar-refractivity contribution in [1.29, 1.82) is 0 Å². The first kappa shape index (κ1) is 11.7. The molecule has 3 nitrogen and oxygen atoms in total. The van der Waals surface area contributed by atoms with Crippen molar-refractivity contribution in [3.05, 3.63) is 35.4 Å². The summed E-state index contributed by atoms with van der Waals surface area (Å²) in [4.78, 5) is 14.0. The van der Waals surface area contributed by atoms with Gasteiger partial charge in [-0.3, -0.25) is 4.79 Å². The number of nitrogens with zero attached hydrogens (tertiary/aromatic N) is 1. The van der Waals surface area contributed by atoms with Crippen LogP contribution in [0.4, 0.5) is 0 Å². The molecule has 1 amide bonds. The van der Waals surface area contributed by atoms with E-state index in [4.69, 9.17) is 5.73 Å². The topological polar surface area (TPSA) is 46.3 Å². The second kappa shape index (κ2) is 3.58. The van der Waals surface area contributed by atoms with Gasteiger partial charge in [-0.2, -0.15) is 0 Å². The number of carbonyl (C=O) groups is 1. The maximum atomic E-state index is 12.3. The number of carbonyl (C=O) groups excluding carboxylic acids is 1. The van der Waals surface area contributed by atoms with Crippen LogP contribution in [0.3, 0.4) is 0 Å². The van der Waals surface area contributed by atoms with Crippen LogP contribution in [0.1, 0.15) is 36.8 Å². The molecule has 0 atom stereocenters. The number of rotatable bonds is 3. The highest BCUT2D eigenvalue weighted by atomic mass is 16.2. The molecule has 2 N–H and O–H groups in total. The van der Waals surface area contributed by atoms with Gasteiger partial charge in [-0.05, 0) is 36.8 Å². The van der Waals surface area contributed by atoms with E-state index in [2.05, 4.69) is 18.2 Å². The van der Waals surface area contributed by atoms with Crippen molar-refractivity contribution in [2.24, 2.45) is 5.73 Å². The Morgan fingerprint density at radius 2 is 1.78 bits per heavy atom. The predicted molar refractivity (Wildman–Crippen MR) is 71.1 cm³/mol. The first-order valence-electron chi connectivity index (χ1n) is 6.60. The number of nitrogens with two attached hydrogens (primary N) is 1. The number of hydrogen-bond donors (Lipinski definition) is 1. The predicted octanol–water partition coefficient (Wildman–Crippen LogP) is 1.75. The molecule has 2 aliphatic rings. The van der Waals surface area contributed by atoms with Gasteiger partial charge in [0.2, 0.25) is 5.91 Å². The Morgan fingerprint density at radius 3 is 2.28 bits per heavy atom. The van der Waals surface area contributed by atoms with Gasteiger partial charge < -0.3 is 10.6 Å². The van der Waals surface area contributed by atoms with Crippen molar-refractivity contribution < 1.29 is 4.79 Å². The van der Waals surface area contributed by atoms with Crippen LogP contribution < -0.4 is 5.73 Å². The molecule has 0 radical (unpaired) electrons. The Bertz CT molecular complexity index is 499. The van der Waals surface area contributed by atoms with Gasteiger partial charge in [0, 0.05) is 19.6 Å². The Hall–Kier alpha value is -1.35. The van der Waals surface area contributed by atoms with E-state index in [1.165, 1.54) is 5.56 Å². The van der Waals surface area contributed by atoms with E-state index in [1.807, 2.05) is 20.2 Å². The summed E-state index contributed by atoms with van der Waals surface area (Å²) in [5.41, 5.74) is 8.21. The van der Waals surface area contributed by atoms with E-state index in [-0.39, 0.29) is 16.9 Å². The monoisotopic (exact) mass is 244 g/mol. The van der Waals surface area contributed by atoms with Crippen LogP contribution in [0.15, 0.2) is 24.3 Å². The molecule has 96 valence electrons. The molecule has 2 saturated carbocycles. The lowest BCUT2D eigenvalue weighted by Crippen LogP contribution is -2.34. The van der Waals surface area contributed by atoms with Gasteiger partial charge in [0.25, 0.3) is 0 Å². The van der Waals surface area contributed by atoms with E-state index in [1.54, 1.807) is 4.90 Å². The molecule has 0 spiro atoms. The van der Waals surface area contributed by atoms with E-state index >= 15 is 0 Å². The third-order valence-corrected chi connectivity index (χ3v) is 4.34. The van der Waals surface area contributed by atoms with Crippen LogP contribution in [0.25, 0.3) is 0 Å². The number of benzene rings is 1. The SMILES string of the molecule is CN(C)C(=O)C1(c2cccc(C3(N)CC3)c2)CC1. The molecule has 0 aromatic heterocycles. The van der Waals surface area contributed by atoms with Gasteiger partial charge in [-0.1, -0.05) is 24.3 Å². The van der Waals surface area contributed by atoms with Gasteiger partial charge in [-0.25, -0.2) is 0 Å². The highest BCUT2D eigenvalue weighted by Gasteiger charge is 2.52. The van der Waals surface area contributed by atoms with Crippen molar-refractivity contribution >= 4 is 5.91 Å². The standard InChI is InChI=1S/C15H20N2O/c1-17(2)13(18)14(6-7-14)11-4-3-5-12(10-11)15(16)8-9-15/h3-5,10H,6-9,16H2,1-2H3. The lowest BCUT2D eigenvalue weighted by molar-refractivity contribution is -0.131. The molecule has 0 saturated heterocycles. The number of likely N-dealkylation sites (N-methyl/N-ethyl adjacent to an activating group) is 1. The molecular weight excluding hydrogens is 224 g/mol. The summed E-state index contributed by atoms with van der Waals surface area (Å²) in [6.45, 7) is 0. The Morgan fingerprint density at radius 1 is 1.17 bits per heavy atom. The maximum absolute atomic E-state index is 12.3. The second-order valence-electron chi connectivity index (χ2n) is 6.02. The first-order valence-corrected chi connectivity index (χ1v) is 6.60. The first-order chi connectivity index (χ1) is 8.48. The largest absolute Gasteiger partial charge is 0.348 e. The highest BCUT2D eigenvalue weighted by molar-refractivity contribution is 5.91. The summed E-state index contributed by atoms with van der Waals surface area (Å²) in [7, 11) is 3.66. The van der Waals surface area contributed by atoms with Crippen LogP contribution >= 0.6 is 0 Å². The Labute approximate surface area is 108 Å². The van der Waals surface area contributed by atoms with Crippen LogP contribution in [-0.2, 0) is 15.7 Å². The van der Waals surface area contributed by atoms with Crippen molar-refractivity contribution in [3.63, 3.8) is 0 Å². The van der Waals surface area contributed by atoms with Gasteiger partial charge in [0.1, 0.15) is 0 Å². The average molecular weight is 244 g/mol. The molecule has 2 aliphatic carbocycles. The summed E-state index contributed by atoms with van der Waals surface area (Å²) < 4.78 is 0. The minimum Gasteiger partial charge on any atom is -0.348 e.